The monoisotopic (exact) mass is 1030 g/mol. The molecule has 4 N–H and O–H groups in total. The van der Waals surface area contributed by atoms with E-state index in [9.17, 15) is 48.0 Å². The number of carboxylic acids is 1. The summed E-state index contributed by atoms with van der Waals surface area (Å²) in [5.41, 5.74) is 4.97. The second-order valence-electron chi connectivity index (χ2n) is 21.7. The number of phenols is 1. The number of phenolic OH excluding ortho intramolecular Hbond substituents is 1. The zero-order chi connectivity index (χ0) is 53.2. The molecular formula is C56H75N3O13S. The maximum absolute atomic E-state index is 14.5. The van der Waals surface area contributed by atoms with Gasteiger partial charge in [0.25, 0.3) is 11.8 Å². The van der Waals surface area contributed by atoms with Gasteiger partial charge in [0.1, 0.15) is 40.2 Å². The lowest BCUT2D eigenvalue weighted by atomic mass is 9.84. The zero-order valence-electron chi connectivity index (χ0n) is 43.8. The number of rotatable bonds is 19. The smallest absolute Gasteiger partial charge is 0.415 e. The minimum Gasteiger partial charge on any atom is -0.508 e. The van der Waals surface area contributed by atoms with Gasteiger partial charge in [0.15, 0.2) is 9.84 Å². The molecule has 0 saturated carbocycles. The van der Waals surface area contributed by atoms with Crippen LogP contribution in [0.1, 0.15) is 163 Å². The summed E-state index contributed by atoms with van der Waals surface area (Å²) in [6.45, 7) is 16.0. The molecule has 16 nitrogen and oxygen atoms in total. The van der Waals surface area contributed by atoms with Crippen LogP contribution in [0.5, 0.6) is 23.0 Å². The van der Waals surface area contributed by atoms with Crippen molar-refractivity contribution in [2.75, 3.05) is 31.1 Å². The molecule has 5 aliphatic rings. The third kappa shape index (κ3) is 12.5. The van der Waals surface area contributed by atoms with Gasteiger partial charge >= 0.3 is 12.1 Å². The summed E-state index contributed by atoms with van der Waals surface area (Å²) in [5.74, 6) is -2.25. The first-order valence-corrected chi connectivity index (χ1v) is 27.6. The molecule has 398 valence electrons. The first-order valence-electron chi connectivity index (χ1n) is 25.8. The van der Waals surface area contributed by atoms with Crippen molar-refractivity contribution >= 4 is 33.7 Å². The van der Waals surface area contributed by atoms with Crippen molar-refractivity contribution < 1.29 is 62.2 Å². The fourth-order valence-corrected chi connectivity index (χ4v) is 11.7. The lowest BCUT2D eigenvalue weighted by Crippen LogP contribution is -2.49. The third-order valence-electron chi connectivity index (χ3n) is 15.3. The van der Waals surface area contributed by atoms with Gasteiger partial charge < -0.3 is 49.3 Å². The van der Waals surface area contributed by atoms with Gasteiger partial charge in [0.05, 0.1) is 47.9 Å². The number of allylic oxidation sites excluding steroid dienone is 8. The molecule has 5 heterocycles. The van der Waals surface area contributed by atoms with Gasteiger partial charge in [-0.3, -0.25) is 9.59 Å². The summed E-state index contributed by atoms with van der Waals surface area (Å²) < 4.78 is 43.5. The number of carboxylic acid groups (broad SMARTS) is 1. The Balaban J connectivity index is 1.07. The standard InChI is InChI=1S/C56H75N3O13S/c1-34(2)14-9-16-36(5)18-11-21-55(7)47(61)30-40-45(60)28-38-42(49(40)71-55)32-58(51(38)63)23-13-20-44(53(65)66)59-33-43-39(52(59)64)29-46(70-54(67)57-24-26-73(68,69)27-25-57)41-31-48(62)56(8,72-50(41)43)22-12-19-37(6)17-10-15-35(3)4/h14-15,18-19,28-29,44,47-48,60-62H,9-13,16-17,20-27,30-33H2,1-8H3,(H,65,66)/b36-18+,37-19+/t44-,47-,48-,55+,56+/m0/s1. The summed E-state index contributed by atoms with van der Waals surface area (Å²) >= 11 is 0. The van der Waals surface area contributed by atoms with E-state index in [0.717, 1.165) is 25.7 Å². The van der Waals surface area contributed by atoms with Crippen LogP contribution < -0.4 is 14.2 Å². The first kappa shape index (κ1) is 55.1. The zero-order valence-corrected chi connectivity index (χ0v) is 44.7. The number of carbonyl (C=O) groups excluding carboxylic acids is 3. The molecule has 0 aromatic heterocycles. The van der Waals surface area contributed by atoms with Gasteiger partial charge in [-0.15, -0.1) is 0 Å². The number of amides is 3. The largest absolute Gasteiger partial charge is 0.508 e. The van der Waals surface area contributed by atoms with Crippen LogP contribution in [-0.2, 0) is 40.6 Å². The molecular weight excluding hydrogens is 955 g/mol. The number of carbonyl (C=O) groups is 4. The molecule has 1 saturated heterocycles. The van der Waals surface area contributed by atoms with Crippen molar-refractivity contribution in [1.82, 2.24) is 14.7 Å². The second-order valence-corrected chi connectivity index (χ2v) is 24.0. The minimum absolute atomic E-state index is 0.00219. The molecule has 0 unspecified atom stereocenters. The highest BCUT2D eigenvalue weighted by atomic mass is 32.2. The van der Waals surface area contributed by atoms with Crippen LogP contribution in [0.25, 0.3) is 0 Å². The van der Waals surface area contributed by atoms with E-state index in [-0.39, 0.29) is 104 Å². The number of aromatic hydroxyl groups is 1. The van der Waals surface area contributed by atoms with Crippen LogP contribution in [0.3, 0.4) is 0 Å². The van der Waals surface area contributed by atoms with E-state index < -0.39 is 57.3 Å². The Morgan fingerprint density at radius 3 is 1.82 bits per heavy atom. The Hall–Kier alpha value is -5.65. The van der Waals surface area contributed by atoms with Gasteiger partial charge in [-0.05, 0) is 132 Å². The van der Waals surface area contributed by atoms with Gasteiger partial charge in [0, 0.05) is 54.7 Å². The summed E-state index contributed by atoms with van der Waals surface area (Å²) in [7, 11) is -3.31. The maximum atomic E-state index is 14.5. The van der Waals surface area contributed by atoms with Crippen molar-refractivity contribution in [3.8, 4) is 23.0 Å². The van der Waals surface area contributed by atoms with Crippen LogP contribution in [0, 0.1) is 0 Å². The van der Waals surface area contributed by atoms with Crippen LogP contribution in [-0.4, -0.2) is 128 Å². The van der Waals surface area contributed by atoms with Crippen molar-refractivity contribution in [3.63, 3.8) is 0 Å². The highest BCUT2D eigenvalue weighted by molar-refractivity contribution is 7.91. The molecule has 2 aromatic rings. The van der Waals surface area contributed by atoms with Crippen molar-refractivity contribution in [1.29, 1.82) is 0 Å². The highest BCUT2D eigenvalue weighted by Crippen LogP contribution is 2.49. The van der Waals surface area contributed by atoms with E-state index in [4.69, 9.17) is 14.2 Å². The molecule has 7 rings (SSSR count). The van der Waals surface area contributed by atoms with E-state index >= 15 is 0 Å². The number of benzene rings is 2. The Labute approximate surface area is 430 Å². The number of ether oxygens (including phenoxy) is 3. The van der Waals surface area contributed by atoms with Gasteiger partial charge in [0.2, 0.25) is 0 Å². The van der Waals surface area contributed by atoms with E-state index in [0.29, 0.717) is 53.7 Å². The van der Waals surface area contributed by atoms with Crippen LogP contribution in [0.15, 0.2) is 58.7 Å². The summed E-state index contributed by atoms with van der Waals surface area (Å²) in [6, 6.07) is 1.47. The number of aliphatic carboxylic acids is 1. The highest BCUT2D eigenvalue weighted by Gasteiger charge is 2.48. The predicted octanol–water partition coefficient (Wildman–Crippen LogP) is 8.52. The number of nitrogens with zero attached hydrogens (tertiary/aromatic N) is 3. The normalized spacial score (nSPS) is 23.7. The molecule has 1 fully saturated rings. The van der Waals surface area contributed by atoms with Gasteiger partial charge in [-0.25, -0.2) is 18.0 Å². The van der Waals surface area contributed by atoms with E-state index in [1.807, 2.05) is 6.92 Å². The fraction of sp³-hybridized carbons (Fsp3) is 0.571. The van der Waals surface area contributed by atoms with Crippen LogP contribution >= 0.6 is 0 Å². The summed E-state index contributed by atoms with van der Waals surface area (Å²) in [5, 5.41) is 44.8. The molecule has 0 bridgehead atoms. The SMILES string of the molecule is CC(C)=CCC/C(C)=C/CC[C@@]1(C)Oc2c(c(O)cc3c2CN(CCC[C@@H](C(=O)O)N2Cc4c(cc(OC(=O)N5CCS(=O)(=O)CC5)c5c4O[C@](C)(CC/C=C(\C)CCC=C(C)C)[C@@H](O)C5)C2=O)C3=O)C[C@@H]1O. The lowest BCUT2D eigenvalue weighted by Gasteiger charge is -2.41. The molecule has 73 heavy (non-hydrogen) atoms. The number of fused-ring (bicyclic) bond motifs is 6. The van der Waals surface area contributed by atoms with Gasteiger partial charge in [-0.2, -0.15) is 0 Å². The summed E-state index contributed by atoms with van der Waals surface area (Å²) in [6.07, 6.45) is 12.0. The fourth-order valence-electron chi connectivity index (χ4n) is 10.5. The molecule has 5 aliphatic heterocycles. The van der Waals surface area contributed by atoms with Crippen LogP contribution in [0.4, 0.5) is 4.79 Å². The van der Waals surface area contributed by atoms with Crippen molar-refractivity contribution in [2.45, 2.75) is 175 Å². The quantitative estimate of drug-likeness (QED) is 0.0971. The topological polar surface area (TPSA) is 221 Å². The molecule has 5 atom stereocenters. The Bertz CT molecular complexity index is 2720. The van der Waals surface area contributed by atoms with E-state index in [1.54, 1.807) is 11.8 Å². The molecule has 3 amide bonds. The van der Waals surface area contributed by atoms with Crippen molar-refractivity contribution in [3.05, 3.63) is 92.1 Å². The Morgan fingerprint density at radius 1 is 0.753 bits per heavy atom. The van der Waals surface area contributed by atoms with Gasteiger partial charge in [-0.1, -0.05) is 46.6 Å². The minimum atomic E-state index is -3.31. The number of aliphatic hydroxyl groups is 2. The number of hydrogen-bond acceptors (Lipinski definition) is 12. The molecule has 17 heteroatoms. The third-order valence-corrected chi connectivity index (χ3v) is 16.9. The number of aliphatic hydroxyl groups excluding tert-OH is 2. The molecule has 0 spiro atoms. The molecule has 2 aromatic carbocycles. The number of hydrogen-bond donors (Lipinski definition) is 4. The number of sulfone groups is 1. The predicted molar refractivity (Wildman–Crippen MR) is 277 cm³/mol. The average molecular weight is 1030 g/mol. The lowest BCUT2D eigenvalue weighted by molar-refractivity contribution is -0.142. The van der Waals surface area contributed by atoms with E-state index in [1.165, 1.54) is 44.2 Å². The molecule has 0 radical (unpaired) electrons. The Morgan fingerprint density at radius 2 is 1.27 bits per heavy atom. The second kappa shape index (κ2) is 22.4. The maximum Gasteiger partial charge on any atom is 0.415 e. The van der Waals surface area contributed by atoms with Crippen molar-refractivity contribution in [2.24, 2.45) is 0 Å². The Kier molecular flexibility index (Phi) is 16.9. The van der Waals surface area contributed by atoms with Crippen LogP contribution in [0.2, 0.25) is 0 Å². The summed E-state index contributed by atoms with van der Waals surface area (Å²) in [4.78, 5) is 59.2. The average Bonchev–Trinajstić information content (AvgIpc) is 3.80. The molecule has 0 aliphatic carbocycles. The van der Waals surface area contributed by atoms with E-state index in [2.05, 4.69) is 65.8 Å². The first-order chi connectivity index (χ1) is 34.4.